The summed E-state index contributed by atoms with van der Waals surface area (Å²) in [5.41, 5.74) is 2.53. The van der Waals surface area contributed by atoms with E-state index in [1.54, 1.807) is 35.1 Å². The Morgan fingerprint density at radius 2 is 2.07 bits per heavy atom. The van der Waals surface area contributed by atoms with Crippen LogP contribution in [-0.2, 0) is 4.79 Å². The highest BCUT2D eigenvalue weighted by molar-refractivity contribution is 5.92. The van der Waals surface area contributed by atoms with Gasteiger partial charge in [-0.05, 0) is 50.6 Å². The fourth-order valence-electron chi connectivity index (χ4n) is 2.62. The molecule has 140 valence electrons. The zero-order chi connectivity index (χ0) is 19.2. The highest BCUT2D eigenvalue weighted by atomic mass is 16.3. The Morgan fingerprint density at radius 3 is 2.70 bits per heavy atom. The number of aromatic nitrogens is 3. The smallest absolute Gasteiger partial charge is 0.286 e. The molecule has 27 heavy (non-hydrogen) atoms. The molecule has 0 saturated heterocycles. The van der Waals surface area contributed by atoms with E-state index in [2.05, 4.69) is 20.7 Å². The number of aryl methyl sites for hydroxylation is 2. The number of rotatable bonds is 7. The number of anilines is 1. The average Bonchev–Trinajstić information content (AvgIpc) is 3.29. The molecule has 0 atom stereocenters. The number of amides is 2. The average molecular weight is 367 g/mol. The summed E-state index contributed by atoms with van der Waals surface area (Å²) < 4.78 is 6.75. The quantitative estimate of drug-likeness (QED) is 0.625. The first-order valence-corrected chi connectivity index (χ1v) is 8.64. The van der Waals surface area contributed by atoms with Gasteiger partial charge >= 0.3 is 0 Å². The van der Waals surface area contributed by atoms with E-state index >= 15 is 0 Å². The lowest BCUT2D eigenvalue weighted by Gasteiger charge is -2.07. The van der Waals surface area contributed by atoms with E-state index < -0.39 is 0 Å². The van der Waals surface area contributed by atoms with Crippen molar-refractivity contribution in [3.05, 3.63) is 59.9 Å². The van der Waals surface area contributed by atoms with Gasteiger partial charge in [0.15, 0.2) is 11.6 Å². The van der Waals surface area contributed by atoms with Gasteiger partial charge in [0.25, 0.3) is 5.91 Å². The summed E-state index contributed by atoms with van der Waals surface area (Å²) >= 11 is 0. The second kappa shape index (κ2) is 8.31. The van der Waals surface area contributed by atoms with Crippen LogP contribution in [-0.4, -0.2) is 33.1 Å². The molecule has 0 radical (unpaired) electrons. The molecule has 3 aromatic heterocycles. The maximum atomic E-state index is 12.0. The Kier molecular flexibility index (Phi) is 5.65. The van der Waals surface area contributed by atoms with Crippen molar-refractivity contribution in [3.8, 4) is 5.82 Å². The third-order valence-electron chi connectivity index (χ3n) is 3.87. The van der Waals surface area contributed by atoms with Crippen molar-refractivity contribution in [1.82, 2.24) is 20.1 Å². The summed E-state index contributed by atoms with van der Waals surface area (Å²) in [7, 11) is 0. The van der Waals surface area contributed by atoms with E-state index in [1.165, 1.54) is 6.26 Å². The molecular formula is C19H21N5O3. The van der Waals surface area contributed by atoms with Gasteiger partial charge in [-0.3, -0.25) is 9.59 Å². The van der Waals surface area contributed by atoms with Gasteiger partial charge in [0.05, 0.1) is 23.8 Å². The normalized spacial score (nSPS) is 10.6. The molecule has 0 aliphatic rings. The highest BCUT2D eigenvalue weighted by Gasteiger charge is 2.09. The Balaban J connectivity index is 1.44. The molecule has 8 heteroatoms. The third-order valence-corrected chi connectivity index (χ3v) is 3.87. The van der Waals surface area contributed by atoms with E-state index in [-0.39, 0.29) is 24.0 Å². The van der Waals surface area contributed by atoms with Crippen molar-refractivity contribution in [3.63, 3.8) is 0 Å². The first kappa shape index (κ1) is 18.4. The minimum atomic E-state index is -0.288. The first-order chi connectivity index (χ1) is 13.0. The van der Waals surface area contributed by atoms with Gasteiger partial charge in [0, 0.05) is 18.7 Å². The number of hydrogen-bond acceptors (Lipinski definition) is 5. The largest absolute Gasteiger partial charge is 0.459 e. The molecule has 0 aliphatic carbocycles. The van der Waals surface area contributed by atoms with Crippen molar-refractivity contribution in [2.24, 2.45) is 0 Å². The van der Waals surface area contributed by atoms with Crippen molar-refractivity contribution < 1.29 is 14.0 Å². The molecule has 0 spiro atoms. The molecule has 8 nitrogen and oxygen atoms in total. The van der Waals surface area contributed by atoms with Crippen LogP contribution >= 0.6 is 0 Å². The maximum absolute atomic E-state index is 12.0. The van der Waals surface area contributed by atoms with Crippen molar-refractivity contribution in [2.45, 2.75) is 26.7 Å². The van der Waals surface area contributed by atoms with Gasteiger partial charge in [-0.2, -0.15) is 5.10 Å². The topological polar surface area (TPSA) is 102 Å². The van der Waals surface area contributed by atoms with Crippen molar-refractivity contribution >= 4 is 17.5 Å². The zero-order valence-electron chi connectivity index (χ0n) is 15.2. The summed E-state index contributed by atoms with van der Waals surface area (Å²) in [5, 5.41) is 9.88. The summed E-state index contributed by atoms with van der Waals surface area (Å²) in [6, 6.07) is 8.80. The maximum Gasteiger partial charge on any atom is 0.286 e. The van der Waals surface area contributed by atoms with E-state index in [9.17, 15) is 9.59 Å². The van der Waals surface area contributed by atoms with E-state index in [4.69, 9.17) is 4.42 Å². The number of furan rings is 1. The van der Waals surface area contributed by atoms with Crippen molar-refractivity contribution in [2.75, 3.05) is 11.9 Å². The highest BCUT2D eigenvalue weighted by Crippen LogP contribution is 2.13. The van der Waals surface area contributed by atoms with Crippen LogP contribution in [0.15, 0.2) is 47.2 Å². The van der Waals surface area contributed by atoms with Crippen LogP contribution in [0.3, 0.4) is 0 Å². The minimum Gasteiger partial charge on any atom is -0.459 e. The third kappa shape index (κ3) is 4.81. The lowest BCUT2D eigenvalue weighted by atomic mass is 10.2. The van der Waals surface area contributed by atoms with Crippen LogP contribution in [0.4, 0.5) is 5.69 Å². The molecule has 2 N–H and O–H groups in total. The molecule has 0 fully saturated rings. The standard InChI is InChI=1S/C19H21N5O3/c1-13-11-14(2)24(23-13)17-8-7-15(12-21-17)22-18(25)6-3-9-20-19(26)16-5-4-10-27-16/h4-5,7-8,10-12H,3,6,9H2,1-2H3,(H,20,26)(H,22,25). The molecule has 0 bridgehead atoms. The molecule has 0 aliphatic heterocycles. The molecular weight excluding hydrogens is 346 g/mol. The van der Waals surface area contributed by atoms with E-state index in [0.717, 1.165) is 11.4 Å². The van der Waals surface area contributed by atoms with Crippen LogP contribution in [0.5, 0.6) is 0 Å². The Labute approximate surface area is 156 Å². The van der Waals surface area contributed by atoms with Crippen LogP contribution in [0.25, 0.3) is 5.82 Å². The van der Waals surface area contributed by atoms with Crippen LogP contribution < -0.4 is 10.6 Å². The fraction of sp³-hybridized carbons (Fsp3) is 0.263. The fourth-order valence-corrected chi connectivity index (χ4v) is 2.62. The van der Waals surface area contributed by atoms with Gasteiger partial charge in [-0.1, -0.05) is 0 Å². The summed E-state index contributed by atoms with van der Waals surface area (Å²) in [6.07, 6.45) is 3.85. The number of nitrogens with one attached hydrogen (secondary N) is 2. The predicted molar refractivity (Wildman–Crippen MR) is 99.7 cm³/mol. The number of carbonyl (C=O) groups is 2. The Morgan fingerprint density at radius 1 is 1.22 bits per heavy atom. The molecule has 0 aromatic carbocycles. The lowest BCUT2D eigenvalue weighted by Crippen LogP contribution is -2.25. The summed E-state index contributed by atoms with van der Waals surface area (Å²) in [5.74, 6) is 0.528. The van der Waals surface area contributed by atoms with Crippen LogP contribution in [0.2, 0.25) is 0 Å². The number of hydrogen-bond donors (Lipinski definition) is 2. The van der Waals surface area contributed by atoms with Gasteiger partial charge in [0.1, 0.15) is 0 Å². The first-order valence-electron chi connectivity index (χ1n) is 8.64. The summed E-state index contributed by atoms with van der Waals surface area (Å²) in [6.45, 7) is 4.28. The number of pyridine rings is 1. The second-order valence-corrected chi connectivity index (χ2v) is 6.13. The van der Waals surface area contributed by atoms with Gasteiger partial charge in [-0.25, -0.2) is 9.67 Å². The van der Waals surface area contributed by atoms with Crippen LogP contribution in [0, 0.1) is 13.8 Å². The van der Waals surface area contributed by atoms with Crippen molar-refractivity contribution in [1.29, 1.82) is 0 Å². The monoisotopic (exact) mass is 367 g/mol. The van der Waals surface area contributed by atoms with E-state index in [0.29, 0.717) is 24.5 Å². The predicted octanol–water partition coefficient (Wildman–Crippen LogP) is 2.63. The summed E-state index contributed by atoms with van der Waals surface area (Å²) in [4.78, 5) is 28.0. The molecule has 0 saturated carbocycles. The molecule has 3 rings (SSSR count). The van der Waals surface area contributed by atoms with Gasteiger partial charge < -0.3 is 15.1 Å². The van der Waals surface area contributed by atoms with Crippen LogP contribution in [0.1, 0.15) is 34.8 Å². The zero-order valence-corrected chi connectivity index (χ0v) is 15.2. The SMILES string of the molecule is Cc1cc(C)n(-c2ccc(NC(=O)CCCNC(=O)c3ccco3)cn2)n1. The second-order valence-electron chi connectivity index (χ2n) is 6.13. The molecule has 3 heterocycles. The minimum absolute atomic E-state index is 0.136. The Hall–Kier alpha value is -3.42. The lowest BCUT2D eigenvalue weighted by molar-refractivity contribution is -0.116. The van der Waals surface area contributed by atoms with E-state index in [1.807, 2.05) is 19.9 Å². The Bertz CT molecular complexity index is 913. The molecule has 2 amide bonds. The molecule has 3 aromatic rings. The van der Waals surface area contributed by atoms with Gasteiger partial charge in [-0.15, -0.1) is 0 Å². The number of carbonyl (C=O) groups excluding carboxylic acids is 2. The molecule has 0 unspecified atom stereocenters. The van der Waals surface area contributed by atoms with Gasteiger partial charge in [0.2, 0.25) is 5.91 Å². The number of nitrogens with zero attached hydrogens (tertiary/aromatic N) is 3.